The molecule has 0 aliphatic carbocycles. The second-order valence-electron chi connectivity index (χ2n) is 5.84. The molecule has 0 unspecified atom stereocenters. The molecule has 1 fully saturated rings. The Bertz CT molecular complexity index is 709. The maximum atomic E-state index is 12.6. The Kier molecular flexibility index (Phi) is 5.40. The molecule has 0 radical (unpaired) electrons. The lowest BCUT2D eigenvalue weighted by Crippen LogP contribution is -2.37. The van der Waals surface area contributed by atoms with Crippen LogP contribution in [0, 0.1) is 6.92 Å². The molecule has 2 N–H and O–H groups in total. The number of hydrogen-bond acceptors (Lipinski definition) is 5. The molecule has 128 valence electrons. The smallest absolute Gasteiger partial charge is 0.253 e. The number of aromatic amines is 1. The van der Waals surface area contributed by atoms with Gasteiger partial charge in [0.2, 0.25) is 0 Å². The maximum absolute atomic E-state index is 12.6. The molecule has 1 aromatic heterocycles. The van der Waals surface area contributed by atoms with Gasteiger partial charge in [-0.15, -0.1) is 0 Å². The van der Waals surface area contributed by atoms with Crippen LogP contribution in [0.15, 0.2) is 18.2 Å². The highest BCUT2D eigenvalue weighted by Crippen LogP contribution is 2.19. The van der Waals surface area contributed by atoms with E-state index in [1.54, 1.807) is 0 Å². The summed E-state index contributed by atoms with van der Waals surface area (Å²) in [6.07, 6.45) is 0.821. The lowest BCUT2D eigenvalue weighted by atomic mass is 10.1. The molecule has 2 aromatic rings. The van der Waals surface area contributed by atoms with Gasteiger partial charge in [0.05, 0.1) is 6.54 Å². The molecule has 7 heteroatoms. The number of hydrogen-bond donors (Lipinski definition) is 2. The van der Waals surface area contributed by atoms with Crippen LogP contribution in [0.4, 0.5) is 5.69 Å². The zero-order valence-corrected chi connectivity index (χ0v) is 14.9. The fraction of sp³-hybridized carbons (Fsp3) is 0.471. The van der Waals surface area contributed by atoms with Gasteiger partial charge in [-0.3, -0.25) is 9.89 Å². The zero-order chi connectivity index (χ0) is 16.9. The molecule has 0 saturated carbocycles. The average Bonchev–Trinajstić information content (AvgIpc) is 3.09. The van der Waals surface area contributed by atoms with Gasteiger partial charge in [0.15, 0.2) is 5.82 Å². The van der Waals surface area contributed by atoms with E-state index >= 15 is 0 Å². The maximum Gasteiger partial charge on any atom is 0.253 e. The molecule has 6 nitrogen and oxygen atoms in total. The molecule has 1 aliphatic heterocycles. The number of aryl methyl sites for hydroxylation is 2. The third-order valence-electron chi connectivity index (χ3n) is 4.11. The van der Waals surface area contributed by atoms with E-state index in [0.717, 1.165) is 59.5 Å². The molecular weight excluding hydrogens is 322 g/mol. The van der Waals surface area contributed by atoms with Crippen LogP contribution in [0.25, 0.3) is 0 Å². The van der Waals surface area contributed by atoms with E-state index in [-0.39, 0.29) is 5.91 Å². The summed E-state index contributed by atoms with van der Waals surface area (Å²) in [6.45, 7) is 6.32. The summed E-state index contributed by atoms with van der Waals surface area (Å²) >= 11 is 1.91. The third kappa shape index (κ3) is 3.90. The van der Waals surface area contributed by atoms with Gasteiger partial charge in [-0.25, -0.2) is 4.98 Å². The van der Waals surface area contributed by atoms with Crippen molar-refractivity contribution in [2.24, 2.45) is 0 Å². The summed E-state index contributed by atoms with van der Waals surface area (Å²) in [5, 5.41) is 10.4. The van der Waals surface area contributed by atoms with Gasteiger partial charge in [-0.1, -0.05) is 6.92 Å². The summed E-state index contributed by atoms with van der Waals surface area (Å²) < 4.78 is 0. The second kappa shape index (κ2) is 7.70. The third-order valence-corrected chi connectivity index (χ3v) is 5.05. The molecule has 24 heavy (non-hydrogen) atoms. The Morgan fingerprint density at radius 3 is 2.83 bits per heavy atom. The van der Waals surface area contributed by atoms with Gasteiger partial charge < -0.3 is 10.2 Å². The van der Waals surface area contributed by atoms with Gasteiger partial charge in [0, 0.05) is 42.3 Å². The van der Waals surface area contributed by atoms with E-state index < -0.39 is 0 Å². The minimum absolute atomic E-state index is 0.132. The number of carbonyl (C=O) groups is 1. The van der Waals surface area contributed by atoms with Crippen LogP contribution in [0.2, 0.25) is 0 Å². The van der Waals surface area contributed by atoms with Gasteiger partial charge in [-0.05, 0) is 30.7 Å². The minimum atomic E-state index is 0.132. The van der Waals surface area contributed by atoms with Crippen LogP contribution < -0.4 is 5.32 Å². The minimum Gasteiger partial charge on any atom is -0.378 e. The molecule has 1 saturated heterocycles. The van der Waals surface area contributed by atoms with Crippen molar-refractivity contribution in [3.05, 3.63) is 41.0 Å². The lowest BCUT2D eigenvalue weighted by Gasteiger charge is -2.26. The van der Waals surface area contributed by atoms with Crippen molar-refractivity contribution in [2.75, 3.05) is 29.9 Å². The van der Waals surface area contributed by atoms with E-state index in [0.29, 0.717) is 6.54 Å². The number of thioether (sulfide) groups is 1. The van der Waals surface area contributed by atoms with Crippen LogP contribution in [0.3, 0.4) is 0 Å². The van der Waals surface area contributed by atoms with E-state index in [2.05, 4.69) is 20.5 Å². The molecule has 1 amide bonds. The molecule has 1 aromatic carbocycles. The number of rotatable bonds is 5. The SMILES string of the molecule is CCc1n[nH]c(CNc2ccc(C(=O)N3CCSCC3)cc2C)n1. The predicted octanol–water partition coefficient (Wildman–Crippen LogP) is 2.48. The summed E-state index contributed by atoms with van der Waals surface area (Å²) in [7, 11) is 0. The topological polar surface area (TPSA) is 73.9 Å². The van der Waals surface area contributed by atoms with E-state index in [1.165, 1.54) is 0 Å². The van der Waals surface area contributed by atoms with Crippen LogP contribution in [-0.4, -0.2) is 50.6 Å². The highest BCUT2D eigenvalue weighted by Gasteiger charge is 2.18. The van der Waals surface area contributed by atoms with Crippen LogP contribution in [0.1, 0.15) is 34.5 Å². The number of anilines is 1. The Morgan fingerprint density at radius 1 is 1.38 bits per heavy atom. The summed E-state index contributed by atoms with van der Waals surface area (Å²) in [5.41, 5.74) is 2.83. The quantitative estimate of drug-likeness (QED) is 0.871. The Hall–Kier alpha value is -2.02. The molecular formula is C17H23N5OS. The van der Waals surface area contributed by atoms with Gasteiger partial charge >= 0.3 is 0 Å². The van der Waals surface area contributed by atoms with E-state index in [4.69, 9.17) is 0 Å². The van der Waals surface area contributed by atoms with Crippen molar-refractivity contribution in [3.63, 3.8) is 0 Å². The number of amides is 1. The van der Waals surface area contributed by atoms with Crippen molar-refractivity contribution in [2.45, 2.75) is 26.8 Å². The van der Waals surface area contributed by atoms with Crippen LogP contribution in [-0.2, 0) is 13.0 Å². The largest absolute Gasteiger partial charge is 0.378 e. The first-order chi connectivity index (χ1) is 11.7. The molecule has 3 rings (SSSR count). The summed E-state index contributed by atoms with van der Waals surface area (Å²) in [6, 6.07) is 5.83. The first-order valence-corrected chi connectivity index (χ1v) is 9.44. The van der Waals surface area contributed by atoms with Crippen molar-refractivity contribution in [3.8, 4) is 0 Å². The number of aromatic nitrogens is 3. The number of nitrogens with one attached hydrogen (secondary N) is 2. The van der Waals surface area contributed by atoms with Crippen molar-refractivity contribution >= 4 is 23.4 Å². The number of carbonyl (C=O) groups excluding carboxylic acids is 1. The second-order valence-corrected chi connectivity index (χ2v) is 7.06. The molecule has 1 aliphatic rings. The van der Waals surface area contributed by atoms with E-state index in [9.17, 15) is 4.79 Å². The number of nitrogens with zero attached hydrogens (tertiary/aromatic N) is 3. The standard InChI is InChI=1S/C17H23N5OS/c1-3-15-19-16(21-20-15)11-18-14-5-4-13(10-12(14)2)17(23)22-6-8-24-9-7-22/h4-5,10,18H,3,6-9,11H2,1-2H3,(H,19,20,21). The van der Waals surface area contributed by atoms with Crippen molar-refractivity contribution < 1.29 is 4.79 Å². The number of H-pyrrole nitrogens is 1. The first kappa shape index (κ1) is 16.8. The first-order valence-electron chi connectivity index (χ1n) is 8.29. The van der Waals surface area contributed by atoms with Gasteiger partial charge in [0.25, 0.3) is 5.91 Å². The highest BCUT2D eigenvalue weighted by atomic mass is 32.2. The molecule has 0 atom stereocenters. The highest BCUT2D eigenvalue weighted by molar-refractivity contribution is 7.99. The summed E-state index contributed by atoms with van der Waals surface area (Å²) in [4.78, 5) is 18.9. The summed E-state index contributed by atoms with van der Waals surface area (Å²) in [5.74, 6) is 3.83. The zero-order valence-electron chi connectivity index (χ0n) is 14.1. The Labute approximate surface area is 146 Å². The monoisotopic (exact) mass is 345 g/mol. The predicted molar refractivity (Wildman–Crippen MR) is 97.5 cm³/mol. The van der Waals surface area contributed by atoms with Crippen LogP contribution >= 0.6 is 11.8 Å². The van der Waals surface area contributed by atoms with Crippen molar-refractivity contribution in [1.29, 1.82) is 0 Å². The normalized spacial score (nSPS) is 14.7. The van der Waals surface area contributed by atoms with E-state index in [1.807, 2.05) is 48.7 Å². The average molecular weight is 345 g/mol. The molecule has 2 heterocycles. The Balaban J connectivity index is 1.64. The molecule has 0 spiro atoms. The van der Waals surface area contributed by atoms with Gasteiger partial charge in [-0.2, -0.15) is 16.9 Å². The Morgan fingerprint density at radius 2 is 2.17 bits per heavy atom. The van der Waals surface area contributed by atoms with Crippen molar-refractivity contribution in [1.82, 2.24) is 20.1 Å². The fourth-order valence-electron chi connectivity index (χ4n) is 2.70. The van der Waals surface area contributed by atoms with Gasteiger partial charge in [0.1, 0.15) is 5.82 Å². The fourth-order valence-corrected chi connectivity index (χ4v) is 3.60. The lowest BCUT2D eigenvalue weighted by molar-refractivity contribution is 0.0772. The number of benzene rings is 1. The van der Waals surface area contributed by atoms with Crippen LogP contribution in [0.5, 0.6) is 0 Å². The molecule has 0 bridgehead atoms.